The van der Waals surface area contributed by atoms with E-state index in [2.05, 4.69) is 0 Å². The van der Waals surface area contributed by atoms with Crippen molar-refractivity contribution in [1.29, 1.82) is 0 Å². The van der Waals surface area contributed by atoms with Crippen LogP contribution >= 0.6 is 0 Å². The number of nitrogens with zero attached hydrogens (tertiary/aromatic N) is 1. The van der Waals surface area contributed by atoms with Crippen LogP contribution in [0.25, 0.3) is 0 Å². The molecule has 2 fully saturated rings. The molecule has 2 rings (SSSR count). The molecule has 0 aromatic carbocycles. The SMILES string of the molecule is NC1(CN2CCCCS2(=O)=O)CCC1. The zero-order chi connectivity index (χ0) is 10.2. The highest BCUT2D eigenvalue weighted by Crippen LogP contribution is 2.31. The molecule has 0 spiro atoms. The molecule has 0 radical (unpaired) electrons. The van der Waals surface area contributed by atoms with Crippen molar-refractivity contribution in [2.75, 3.05) is 18.8 Å². The van der Waals surface area contributed by atoms with Crippen molar-refractivity contribution < 1.29 is 8.42 Å². The Bertz CT molecular complexity index is 309. The van der Waals surface area contributed by atoms with E-state index in [4.69, 9.17) is 5.73 Å². The molecule has 0 unspecified atom stereocenters. The molecule has 1 aliphatic heterocycles. The molecule has 1 saturated carbocycles. The molecule has 5 heteroatoms. The lowest BCUT2D eigenvalue weighted by Gasteiger charge is -2.42. The average molecular weight is 218 g/mol. The van der Waals surface area contributed by atoms with Crippen LogP contribution < -0.4 is 5.73 Å². The minimum absolute atomic E-state index is 0.218. The second-order valence-corrected chi connectivity index (χ2v) is 6.66. The number of sulfonamides is 1. The third-order valence-electron chi connectivity index (χ3n) is 3.29. The average Bonchev–Trinajstić information content (AvgIpc) is 2.06. The summed E-state index contributed by atoms with van der Waals surface area (Å²) in [6.07, 6.45) is 4.87. The topological polar surface area (TPSA) is 63.4 Å². The zero-order valence-corrected chi connectivity index (χ0v) is 9.22. The zero-order valence-electron chi connectivity index (χ0n) is 8.41. The predicted molar refractivity (Wildman–Crippen MR) is 55.4 cm³/mol. The summed E-state index contributed by atoms with van der Waals surface area (Å²) in [6.45, 7) is 1.20. The van der Waals surface area contributed by atoms with Gasteiger partial charge in [-0.3, -0.25) is 0 Å². The summed E-state index contributed by atoms with van der Waals surface area (Å²) in [4.78, 5) is 0. The van der Waals surface area contributed by atoms with E-state index in [9.17, 15) is 8.42 Å². The van der Waals surface area contributed by atoms with Gasteiger partial charge < -0.3 is 5.73 Å². The van der Waals surface area contributed by atoms with Gasteiger partial charge in [-0.2, -0.15) is 0 Å². The van der Waals surface area contributed by atoms with Gasteiger partial charge in [-0.15, -0.1) is 0 Å². The first-order valence-corrected chi connectivity index (χ1v) is 6.90. The highest BCUT2D eigenvalue weighted by molar-refractivity contribution is 7.89. The predicted octanol–water partition coefficient (Wildman–Crippen LogP) is 0.293. The van der Waals surface area contributed by atoms with Gasteiger partial charge >= 0.3 is 0 Å². The fraction of sp³-hybridized carbons (Fsp3) is 1.00. The maximum Gasteiger partial charge on any atom is 0.214 e. The minimum atomic E-state index is -2.98. The fourth-order valence-corrected chi connectivity index (χ4v) is 3.85. The lowest BCUT2D eigenvalue weighted by Crippen LogP contribution is -2.57. The van der Waals surface area contributed by atoms with Gasteiger partial charge in [0.05, 0.1) is 5.75 Å². The summed E-state index contributed by atoms with van der Waals surface area (Å²) in [5.74, 6) is 0.309. The molecule has 1 saturated heterocycles. The van der Waals surface area contributed by atoms with Crippen LogP contribution in [0.1, 0.15) is 32.1 Å². The van der Waals surface area contributed by atoms with Gasteiger partial charge in [0.15, 0.2) is 0 Å². The highest BCUT2D eigenvalue weighted by atomic mass is 32.2. The van der Waals surface area contributed by atoms with Crippen LogP contribution in [0.2, 0.25) is 0 Å². The molecule has 0 aromatic rings. The van der Waals surface area contributed by atoms with Crippen LogP contribution in [0.4, 0.5) is 0 Å². The summed E-state index contributed by atoms with van der Waals surface area (Å²) in [7, 11) is -2.98. The van der Waals surface area contributed by atoms with E-state index < -0.39 is 10.0 Å². The van der Waals surface area contributed by atoms with Crippen molar-refractivity contribution in [3.8, 4) is 0 Å². The molecule has 0 atom stereocenters. The van der Waals surface area contributed by atoms with Crippen molar-refractivity contribution in [3.63, 3.8) is 0 Å². The van der Waals surface area contributed by atoms with Crippen molar-refractivity contribution in [1.82, 2.24) is 4.31 Å². The van der Waals surface area contributed by atoms with Crippen molar-refractivity contribution >= 4 is 10.0 Å². The first-order valence-electron chi connectivity index (χ1n) is 5.29. The van der Waals surface area contributed by atoms with Crippen LogP contribution in [0.15, 0.2) is 0 Å². The van der Waals surface area contributed by atoms with Gasteiger partial charge in [-0.05, 0) is 32.1 Å². The van der Waals surface area contributed by atoms with Gasteiger partial charge in [0.1, 0.15) is 0 Å². The smallest absolute Gasteiger partial charge is 0.214 e. The van der Waals surface area contributed by atoms with E-state index in [1.165, 1.54) is 0 Å². The summed E-state index contributed by atoms with van der Waals surface area (Å²) >= 11 is 0. The Kier molecular flexibility index (Phi) is 2.57. The van der Waals surface area contributed by atoms with Crippen molar-refractivity contribution in [2.24, 2.45) is 5.73 Å². The first-order chi connectivity index (χ1) is 6.52. The second-order valence-electron chi connectivity index (χ2n) is 4.57. The Balaban J connectivity index is 2.02. The molecule has 2 N–H and O–H groups in total. The summed E-state index contributed by atoms with van der Waals surface area (Å²) in [5, 5.41) is 0. The van der Waals surface area contributed by atoms with E-state index >= 15 is 0 Å². The van der Waals surface area contributed by atoms with Crippen molar-refractivity contribution in [3.05, 3.63) is 0 Å². The summed E-state index contributed by atoms with van der Waals surface area (Å²) in [6, 6.07) is 0. The second kappa shape index (κ2) is 3.47. The van der Waals surface area contributed by atoms with Crippen molar-refractivity contribution in [2.45, 2.75) is 37.6 Å². The Morgan fingerprint density at radius 2 is 1.93 bits per heavy atom. The molecule has 2 aliphatic rings. The molecule has 82 valence electrons. The number of hydrogen-bond donors (Lipinski definition) is 1. The molecule has 4 nitrogen and oxygen atoms in total. The molecular weight excluding hydrogens is 200 g/mol. The quantitative estimate of drug-likeness (QED) is 0.724. The standard InChI is InChI=1S/C9H18N2O2S/c10-9(4-3-5-9)8-11-6-1-2-7-14(11,12)13/h1-8,10H2. The third-order valence-corrected chi connectivity index (χ3v) is 5.20. The molecule has 0 amide bonds. The van der Waals surface area contributed by atoms with E-state index in [1.807, 2.05) is 0 Å². The van der Waals surface area contributed by atoms with Crippen LogP contribution in [0, 0.1) is 0 Å². The fourth-order valence-electron chi connectivity index (χ4n) is 2.16. The van der Waals surface area contributed by atoms with Crippen LogP contribution in [0.5, 0.6) is 0 Å². The number of rotatable bonds is 2. The Labute approximate surface area is 85.5 Å². The maximum atomic E-state index is 11.7. The molecular formula is C9H18N2O2S. The third kappa shape index (κ3) is 1.94. The Hall–Kier alpha value is -0.130. The molecule has 0 aromatic heterocycles. The Morgan fingerprint density at radius 1 is 1.21 bits per heavy atom. The van der Waals surface area contributed by atoms with Gasteiger partial charge in [0.25, 0.3) is 0 Å². The largest absolute Gasteiger partial charge is 0.324 e. The van der Waals surface area contributed by atoms with Gasteiger partial charge in [0.2, 0.25) is 10.0 Å². The van der Waals surface area contributed by atoms with Gasteiger partial charge in [-0.1, -0.05) is 0 Å². The van der Waals surface area contributed by atoms with Crippen LogP contribution in [-0.4, -0.2) is 37.1 Å². The number of hydrogen-bond acceptors (Lipinski definition) is 3. The van der Waals surface area contributed by atoms with Gasteiger partial charge in [0, 0.05) is 18.6 Å². The van der Waals surface area contributed by atoms with E-state index in [0.29, 0.717) is 18.8 Å². The normalized spacial score (nSPS) is 30.9. The molecule has 1 heterocycles. The minimum Gasteiger partial charge on any atom is -0.324 e. The van der Waals surface area contributed by atoms with E-state index in [0.717, 1.165) is 32.1 Å². The van der Waals surface area contributed by atoms with Crippen LogP contribution in [0.3, 0.4) is 0 Å². The van der Waals surface area contributed by atoms with E-state index in [1.54, 1.807) is 4.31 Å². The molecule has 14 heavy (non-hydrogen) atoms. The number of nitrogens with two attached hydrogens (primary N) is 1. The lowest BCUT2D eigenvalue weighted by atomic mass is 9.78. The lowest BCUT2D eigenvalue weighted by molar-refractivity contribution is 0.192. The van der Waals surface area contributed by atoms with Gasteiger partial charge in [-0.25, -0.2) is 12.7 Å². The molecule has 1 aliphatic carbocycles. The monoisotopic (exact) mass is 218 g/mol. The highest BCUT2D eigenvalue weighted by Gasteiger charge is 2.38. The van der Waals surface area contributed by atoms with E-state index in [-0.39, 0.29) is 5.54 Å². The summed E-state index contributed by atoms with van der Waals surface area (Å²) < 4.78 is 24.9. The molecule has 0 bridgehead atoms. The Morgan fingerprint density at radius 3 is 2.43 bits per heavy atom. The maximum absolute atomic E-state index is 11.7. The first kappa shape index (κ1) is 10.4. The summed E-state index contributed by atoms with van der Waals surface area (Å²) in [5.41, 5.74) is 5.83. The van der Waals surface area contributed by atoms with Crippen LogP contribution in [-0.2, 0) is 10.0 Å².